The number of ether oxygens (including phenoxy) is 1. The van der Waals surface area contributed by atoms with E-state index >= 15 is 0 Å². The van der Waals surface area contributed by atoms with Gasteiger partial charge in [-0.15, -0.1) is 11.8 Å². The quantitative estimate of drug-likeness (QED) is 0.767. The molecule has 1 heterocycles. The highest BCUT2D eigenvalue weighted by Crippen LogP contribution is 2.31. The van der Waals surface area contributed by atoms with E-state index in [0.29, 0.717) is 0 Å². The summed E-state index contributed by atoms with van der Waals surface area (Å²) in [4.78, 5) is 1.24. The molecular weight excluding hydrogens is 264 g/mol. The minimum absolute atomic E-state index is 0.281. The van der Waals surface area contributed by atoms with Crippen LogP contribution in [-0.4, -0.2) is 11.9 Å². The number of hydrogen-bond donors (Lipinski definition) is 0. The molecule has 2 aromatic rings. The van der Waals surface area contributed by atoms with Crippen molar-refractivity contribution in [2.24, 2.45) is 0 Å². The SMILES string of the molecule is Clc1ccc(SCC2Cc3ccccc3O2)cc1. The second-order valence-electron chi connectivity index (χ2n) is 4.32. The van der Waals surface area contributed by atoms with E-state index < -0.39 is 0 Å². The first-order valence-corrected chi connectivity index (χ1v) is 7.30. The third-order valence-electron chi connectivity index (χ3n) is 2.96. The van der Waals surface area contributed by atoms with Gasteiger partial charge in [0.2, 0.25) is 0 Å². The van der Waals surface area contributed by atoms with E-state index in [0.717, 1.165) is 22.9 Å². The number of benzene rings is 2. The van der Waals surface area contributed by atoms with Gasteiger partial charge in [-0.25, -0.2) is 0 Å². The number of para-hydroxylation sites is 1. The first-order valence-electron chi connectivity index (χ1n) is 5.94. The average Bonchev–Trinajstić information content (AvgIpc) is 2.81. The van der Waals surface area contributed by atoms with E-state index in [1.165, 1.54) is 10.5 Å². The first kappa shape index (κ1) is 11.9. The molecule has 1 nitrogen and oxygen atoms in total. The lowest BCUT2D eigenvalue weighted by Gasteiger charge is -2.10. The van der Waals surface area contributed by atoms with Gasteiger partial charge in [-0.3, -0.25) is 0 Å². The molecule has 0 bridgehead atoms. The van der Waals surface area contributed by atoms with Gasteiger partial charge >= 0.3 is 0 Å². The predicted octanol–water partition coefficient (Wildman–Crippen LogP) is 4.44. The zero-order valence-electron chi connectivity index (χ0n) is 9.80. The topological polar surface area (TPSA) is 9.23 Å². The van der Waals surface area contributed by atoms with E-state index in [4.69, 9.17) is 16.3 Å². The van der Waals surface area contributed by atoms with Gasteiger partial charge in [0.15, 0.2) is 0 Å². The maximum absolute atomic E-state index is 5.91. The van der Waals surface area contributed by atoms with Crippen LogP contribution in [0.4, 0.5) is 0 Å². The predicted molar refractivity (Wildman–Crippen MR) is 76.7 cm³/mol. The van der Waals surface area contributed by atoms with Gasteiger partial charge in [0, 0.05) is 22.1 Å². The molecule has 1 aliphatic heterocycles. The molecule has 1 aliphatic rings. The Labute approximate surface area is 116 Å². The normalized spacial score (nSPS) is 17.3. The van der Waals surface area contributed by atoms with Crippen LogP contribution in [0.25, 0.3) is 0 Å². The Balaban J connectivity index is 1.58. The first-order chi connectivity index (χ1) is 8.81. The summed E-state index contributed by atoms with van der Waals surface area (Å²) in [5.41, 5.74) is 1.32. The zero-order valence-corrected chi connectivity index (χ0v) is 11.4. The van der Waals surface area contributed by atoms with Crippen molar-refractivity contribution < 1.29 is 4.74 Å². The van der Waals surface area contributed by atoms with E-state index in [1.807, 2.05) is 36.0 Å². The summed E-state index contributed by atoms with van der Waals surface area (Å²) in [5.74, 6) is 2.01. The standard InChI is InChI=1S/C15H13ClOS/c16-12-5-7-14(8-6-12)18-10-13-9-11-3-1-2-4-15(11)17-13/h1-8,13H,9-10H2. The molecule has 0 spiro atoms. The zero-order chi connectivity index (χ0) is 12.4. The Morgan fingerprint density at radius 1 is 1.11 bits per heavy atom. The monoisotopic (exact) mass is 276 g/mol. The molecule has 0 N–H and O–H groups in total. The van der Waals surface area contributed by atoms with Crippen LogP contribution in [0.15, 0.2) is 53.4 Å². The molecule has 0 amide bonds. The molecule has 1 unspecified atom stereocenters. The van der Waals surface area contributed by atoms with Crippen LogP contribution >= 0.6 is 23.4 Å². The fraction of sp³-hybridized carbons (Fsp3) is 0.200. The highest BCUT2D eigenvalue weighted by Gasteiger charge is 2.22. The summed E-state index contributed by atoms with van der Waals surface area (Å²) < 4.78 is 5.91. The largest absolute Gasteiger partial charge is 0.489 e. The van der Waals surface area contributed by atoms with Gasteiger partial charge < -0.3 is 4.74 Å². The lowest BCUT2D eigenvalue weighted by atomic mass is 10.1. The summed E-state index contributed by atoms with van der Waals surface area (Å²) in [6, 6.07) is 16.2. The molecule has 18 heavy (non-hydrogen) atoms. The summed E-state index contributed by atoms with van der Waals surface area (Å²) in [5, 5.41) is 0.781. The van der Waals surface area contributed by atoms with Crippen molar-refractivity contribution in [3.8, 4) is 5.75 Å². The minimum atomic E-state index is 0.281. The molecule has 0 radical (unpaired) electrons. The van der Waals surface area contributed by atoms with Gasteiger partial charge in [-0.1, -0.05) is 29.8 Å². The highest BCUT2D eigenvalue weighted by molar-refractivity contribution is 7.99. The molecule has 3 heteroatoms. The fourth-order valence-corrected chi connectivity index (χ4v) is 3.09. The molecule has 3 rings (SSSR count). The van der Waals surface area contributed by atoms with Crippen molar-refractivity contribution in [2.75, 3.05) is 5.75 Å². The second-order valence-corrected chi connectivity index (χ2v) is 5.85. The van der Waals surface area contributed by atoms with Gasteiger partial charge in [0.05, 0.1) is 0 Å². The number of fused-ring (bicyclic) bond motifs is 1. The summed E-state index contributed by atoms with van der Waals surface area (Å²) in [6.45, 7) is 0. The van der Waals surface area contributed by atoms with Crippen LogP contribution in [-0.2, 0) is 6.42 Å². The average molecular weight is 277 g/mol. The minimum Gasteiger partial charge on any atom is -0.489 e. The highest BCUT2D eigenvalue weighted by atomic mass is 35.5. The molecule has 2 aromatic carbocycles. The molecule has 1 atom stereocenters. The maximum atomic E-state index is 5.91. The third kappa shape index (κ3) is 2.65. The van der Waals surface area contributed by atoms with Crippen molar-refractivity contribution in [2.45, 2.75) is 17.4 Å². The van der Waals surface area contributed by atoms with E-state index in [2.05, 4.69) is 24.3 Å². The fourth-order valence-electron chi connectivity index (χ4n) is 2.07. The Morgan fingerprint density at radius 2 is 1.89 bits per heavy atom. The Bertz CT molecular complexity index is 513. The van der Waals surface area contributed by atoms with Gasteiger partial charge in [-0.2, -0.15) is 0 Å². The van der Waals surface area contributed by atoms with Crippen LogP contribution in [0.5, 0.6) is 5.75 Å². The van der Waals surface area contributed by atoms with Crippen LogP contribution in [0.3, 0.4) is 0 Å². The summed E-state index contributed by atoms with van der Waals surface area (Å²) in [7, 11) is 0. The van der Waals surface area contributed by atoms with Crippen molar-refractivity contribution in [1.82, 2.24) is 0 Å². The van der Waals surface area contributed by atoms with Crippen molar-refractivity contribution >= 4 is 23.4 Å². The van der Waals surface area contributed by atoms with Gasteiger partial charge in [0.1, 0.15) is 11.9 Å². The number of thioether (sulfide) groups is 1. The van der Waals surface area contributed by atoms with E-state index in [-0.39, 0.29) is 6.10 Å². The smallest absolute Gasteiger partial charge is 0.123 e. The molecule has 0 aromatic heterocycles. The Kier molecular flexibility index (Phi) is 3.48. The maximum Gasteiger partial charge on any atom is 0.123 e. The number of halogens is 1. The third-order valence-corrected chi connectivity index (χ3v) is 4.36. The summed E-state index contributed by atoms with van der Waals surface area (Å²) >= 11 is 7.68. The van der Waals surface area contributed by atoms with E-state index in [1.54, 1.807) is 0 Å². The van der Waals surface area contributed by atoms with Crippen molar-refractivity contribution in [3.63, 3.8) is 0 Å². The molecule has 0 aliphatic carbocycles. The molecule has 0 saturated carbocycles. The number of rotatable bonds is 3. The summed E-state index contributed by atoms with van der Waals surface area (Å²) in [6.07, 6.45) is 1.29. The van der Waals surface area contributed by atoms with Crippen molar-refractivity contribution in [3.05, 3.63) is 59.1 Å². The second kappa shape index (κ2) is 5.25. The Hall–Kier alpha value is -1.12. The lowest BCUT2D eigenvalue weighted by molar-refractivity contribution is 0.259. The van der Waals surface area contributed by atoms with Crippen LogP contribution in [0.1, 0.15) is 5.56 Å². The number of hydrogen-bond acceptors (Lipinski definition) is 2. The van der Waals surface area contributed by atoms with Crippen LogP contribution in [0.2, 0.25) is 5.02 Å². The molecular formula is C15H13ClOS. The Morgan fingerprint density at radius 3 is 2.67 bits per heavy atom. The van der Waals surface area contributed by atoms with E-state index in [9.17, 15) is 0 Å². The van der Waals surface area contributed by atoms with Gasteiger partial charge in [0.25, 0.3) is 0 Å². The lowest BCUT2D eigenvalue weighted by Crippen LogP contribution is -2.15. The molecule has 92 valence electrons. The molecule has 0 fully saturated rings. The molecule has 0 saturated heterocycles. The van der Waals surface area contributed by atoms with Crippen LogP contribution in [0, 0.1) is 0 Å². The van der Waals surface area contributed by atoms with Crippen LogP contribution < -0.4 is 4.74 Å². The van der Waals surface area contributed by atoms with Gasteiger partial charge in [-0.05, 0) is 35.9 Å². The van der Waals surface area contributed by atoms with Crippen molar-refractivity contribution in [1.29, 1.82) is 0 Å².